The summed E-state index contributed by atoms with van der Waals surface area (Å²) >= 11 is 0. The van der Waals surface area contributed by atoms with Crippen LogP contribution in [0.25, 0.3) is 0 Å². The Morgan fingerprint density at radius 3 is 3.14 bits per heavy atom. The molecule has 1 atom stereocenters. The van der Waals surface area contributed by atoms with Crippen molar-refractivity contribution in [1.82, 2.24) is 0 Å². The van der Waals surface area contributed by atoms with E-state index in [-0.39, 0.29) is 0 Å². The summed E-state index contributed by atoms with van der Waals surface area (Å²) in [6.07, 6.45) is 7.65. The molecule has 0 aromatic carbocycles. The molecule has 1 heteroatoms. The molecule has 0 N–H and O–H groups in total. The summed E-state index contributed by atoms with van der Waals surface area (Å²) in [6.45, 7) is 5.95. The number of allylic oxidation sites excluding steroid dienone is 5. The average molecular weight is 188 g/mol. The quantitative estimate of drug-likeness (QED) is 0.608. The van der Waals surface area contributed by atoms with Crippen molar-refractivity contribution in [3.8, 4) is 0 Å². The topological polar surface area (TPSA) is 17.1 Å². The average Bonchev–Trinajstić information content (AvgIpc) is 2.45. The maximum absolute atomic E-state index is 11.3. The second-order valence-corrected chi connectivity index (χ2v) is 4.26. The summed E-state index contributed by atoms with van der Waals surface area (Å²) in [5.74, 6) is 0.926. The molecule has 0 amide bonds. The Labute approximate surface area is 85.2 Å². The van der Waals surface area contributed by atoms with E-state index in [1.54, 1.807) is 0 Å². The molecule has 2 rings (SSSR count). The van der Waals surface area contributed by atoms with Crippen LogP contribution in [0.15, 0.2) is 35.5 Å². The summed E-state index contributed by atoms with van der Waals surface area (Å²) in [7, 11) is 0. The van der Waals surface area contributed by atoms with Gasteiger partial charge in [-0.25, -0.2) is 0 Å². The maximum Gasteiger partial charge on any atom is 0.156 e. The first-order valence-corrected chi connectivity index (χ1v) is 5.26. The molecule has 0 saturated heterocycles. The van der Waals surface area contributed by atoms with Gasteiger partial charge in [-0.3, -0.25) is 4.79 Å². The van der Waals surface area contributed by atoms with E-state index in [0.29, 0.717) is 11.7 Å². The number of ketones is 1. The molecule has 0 radical (unpaired) electrons. The van der Waals surface area contributed by atoms with E-state index < -0.39 is 0 Å². The zero-order valence-corrected chi connectivity index (χ0v) is 8.68. The second kappa shape index (κ2) is 3.56. The Morgan fingerprint density at radius 2 is 2.43 bits per heavy atom. The first-order chi connectivity index (χ1) is 6.72. The smallest absolute Gasteiger partial charge is 0.156 e. The van der Waals surface area contributed by atoms with Gasteiger partial charge in [0.05, 0.1) is 0 Å². The van der Waals surface area contributed by atoms with Crippen LogP contribution >= 0.6 is 0 Å². The number of carbonyl (C=O) groups is 1. The van der Waals surface area contributed by atoms with Crippen molar-refractivity contribution >= 4 is 5.78 Å². The molecule has 0 aromatic heterocycles. The van der Waals surface area contributed by atoms with Crippen LogP contribution in [0.1, 0.15) is 32.6 Å². The zero-order valence-electron chi connectivity index (χ0n) is 8.68. The van der Waals surface area contributed by atoms with E-state index in [0.717, 1.165) is 25.7 Å². The molecule has 0 aromatic rings. The Balaban J connectivity index is 2.33. The Hall–Kier alpha value is -1.11. The zero-order chi connectivity index (χ0) is 10.1. The molecular formula is C13H16O. The highest BCUT2D eigenvalue weighted by molar-refractivity contribution is 5.92. The fourth-order valence-electron chi connectivity index (χ4n) is 2.56. The minimum atomic E-state index is 0.299. The van der Waals surface area contributed by atoms with Crippen LogP contribution in [-0.4, -0.2) is 5.78 Å². The van der Waals surface area contributed by atoms with E-state index >= 15 is 0 Å². The van der Waals surface area contributed by atoms with Gasteiger partial charge in [0.2, 0.25) is 0 Å². The molecule has 0 fully saturated rings. The van der Waals surface area contributed by atoms with Crippen LogP contribution in [0.2, 0.25) is 0 Å². The largest absolute Gasteiger partial charge is 0.295 e. The fourth-order valence-corrected chi connectivity index (χ4v) is 2.56. The molecule has 14 heavy (non-hydrogen) atoms. The highest BCUT2D eigenvalue weighted by atomic mass is 16.1. The monoisotopic (exact) mass is 188 g/mol. The molecule has 2 aliphatic rings. The van der Waals surface area contributed by atoms with E-state index in [1.165, 1.54) is 16.7 Å². The summed E-state index contributed by atoms with van der Waals surface area (Å²) in [6, 6.07) is 0. The minimum Gasteiger partial charge on any atom is -0.295 e. The van der Waals surface area contributed by atoms with E-state index in [9.17, 15) is 4.79 Å². The molecule has 2 aliphatic carbocycles. The lowest BCUT2D eigenvalue weighted by molar-refractivity contribution is -0.115. The van der Waals surface area contributed by atoms with Crippen molar-refractivity contribution in [3.63, 3.8) is 0 Å². The van der Waals surface area contributed by atoms with Gasteiger partial charge in [0.1, 0.15) is 0 Å². The lowest BCUT2D eigenvalue weighted by Gasteiger charge is -2.18. The van der Waals surface area contributed by atoms with Crippen molar-refractivity contribution < 1.29 is 4.79 Å². The standard InChI is InChI=1S/C13H16O/c1-3-4-12-9(2)7-10-5-6-11(14)8-13(10)12/h3,8,10H,1,4-7H2,2H3/t10-/m1/s1. The van der Waals surface area contributed by atoms with Gasteiger partial charge in [-0.1, -0.05) is 11.6 Å². The number of hydrogen-bond donors (Lipinski definition) is 0. The van der Waals surface area contributed by atoms with E-state index in [1.807, 2.05) is 12.2 Å². The highest BCUT2D eigenvalue weighted by Crippen LogP contribution is 2.42. The normalized spacial score (nSPS) is 26.2. The molecule has 0 aliphatic heterocycles. The molecule has 74 valence electrons. The molecule has 0 unspecified atom stereocenters. The lowest BCUT2D eigenvalue weighted by atomic mass is 9.86. The van der Waals surface area contributed by atoms with Crippen LogP contribution in [0.5, 0.6) is 0 Å². The van der Waals surface area contributed by atoms with E-state index in [2.05, 4.69) is 13.5 Å². The van der Waals surface area contributed by atoms with Crippen LogP contribution in [0.3, 0.4) is 0 Å². The predicted octanol–water partition coefficient (Wildman–Crippen LogP) is 3.19. The second-order valence-electron chi connectivity index (χ2n) is 4.26. The first-order valence-electron chi connectivity index (χ1n) is 5.26. The molecule has 0 bridgehead atoms. The van der Waals surface area contributed by atoms with Crippen LogP contribution in [0, 0.1) is 5.92 Å². The fraction of sp³-hybridized carbons (Fsp3) is 0.462. The third-order valence-electron chi connectivity index (χ3n) is 3.26. The lowest BCUT2D eigenvalue weighted by Crippen LogP contribution is -2.11. The van der Waals surface area contributed by atoms with Crippen molar-refractivity contribution in [2.45, 2.75) is 32.6 Å². The van der Waals surface area contributed by atoms with Gasteiger partial charge < -0.3 is 0 Å². The van der Waals surface area contributed by atoms with Crippen LogP contribution in [-0.2, 0) is 4.79 Å². The predicted molar refractivity (Wildman–Crippen MR) is 57.9 cm³/mol. The van der Waals surface area contributed by atoms with Crippen molar-refractivity contribution in [2.24, 2.45) is 5.92 Å². The maximum atomic E-state index is 11.3. The minimum absolute atomic E-state index is 0.299. The van der Waals surface area contributed by atoms with Crippen LogP contribution < -0.4 is 0 Å². The van der Waals surface area contributed by atoms with Crippen LogP contribution in [0.4, 0.5) is 0 Å². The van der Waals surface area contributed by atoms with E-state index in [4.69, 9.17) is 0 Å². The summed E-state index contributed by atoms with van der Waals surface area (Å²) in [5.41, 5.74) is 4.13. The van der Waals surface area contributed by atoms with Gasteiger partial charge in [0.15, 0.2) is 5.78 Å². The number of carbonyl (C=O) groups excluding carboxylic acids is 1. The number of fused-ring (bicyclic) bond motifs is 1. The molecular weight excluding hydrogens is 172 g/mol. The van der Waals surface area contributed by atoms with Gasteiger partial charge in [-0.15, -0.1) is 6.58 Å². The Morgan fingerprint density at radius 1 is 1.64 bits per heavy atom. The molecule has 1 nitrogen and oxygen atoms in total. The summed E-state index contributed by atoms with van der Waals surface area (Å²) < 4.78 is 0. The number of hydrogen-bond acceptors (Lipinski definition) is 1. The van der Waals surface area contributed by atoms with Gasteiger partial charge in [0.25, 0.3) is 0 Å². The number of rotatable bonds is 2. The van der Waals surface area contributed by atoms with Gasteiger partial charge >= 0.3 is 0 Å². The first kappa shape index (κ1) is 9.45. The molecule has 0 heterocycles. The summed E-state index contributed by atoms with van der Waals surface area (Å²) in [4.78, 5) is 11.3. The highest BCUT2D eigenvalue weighted by Gasteiger charge is 2.29. The third-order valence-corrected chi connectivity index (χ3v) is 3.26. The van der Waals surface area contributed by atoms with Crippen molar-refractivity contribution in [1.29, 1.82) is 0 Å². The SMILES string of the molecule is C=CCC1=C(C)C[C@H]2CCC(=O)C=C12. The van der Waals surface area contributed by atoms with Gasteiger partial charge in [-0.05, 0) is 49.3 Å². The van der Waals surface area contributed by atoms with Crippen molar-refractivity contribution in [2.75, 3.05) is 0 Å². The summed E-state index contributed by atoms with van der Waals surface area (Å²) in [5, 5.41) is 0. The van der Waals surface area contributed by atoms with Gasteiger partial charge in [0, 0.05) is 6.42 Å². The van der Waals surface area contributed by atoms with Gasteiger partial charge in [-0.2, -0.15) is 0 Å². The molecule has 0 spiro atoms. The Kier molecular flexibility index (Phi) is 2.40. The molecule has 0 saturated carbocycles. The van der Waals surface area contributed by atoms with Crippen molar-refractivity contribution in [3.05, 3.63) is 35.5 Å². The Bertz CT molecular complexity index is 344. The third kappa shape index (κ3) is 1.47.